The van der Waals surface area contributed by atoms with Gasteiger partial charge in [-0.05, 0) is 18.9 Å². The van der Waals surface area contributed by atoms with Gasteiger partial charge in [-0.3, -0.25) is 9.59 Å². The van der Waals surface area contributed by atoms with Crippen LogP contribution in [0.4, 0.5) is 16.2 Å². The van der Waals surface area contributed by atoms with Gasteiger partial charge in [0.2, 0.25) is 5.91 Å². The Morgan fingerprint density at radius 2 is 2.17 bits per heavy atom. The Kier molecular flexibility index (Phi) is 4.24. The van der Waals surface area contributed by atoms with E-state index in [4.69, 9.17) is 16.3 Å². The van der Waals surface area contributed by atoms with E-state index in [0.29, 0.717) is 30.1 Å². The molecular formula is C14H15ClN4O4. The van der Waals surface area contributed by atoms with Crippen LogP contribution in [0.5, 0.6) is 5.75 Å². The van der Waals surface area contributed by atoms with Gasteiger partial charge in [0.25, 0.3) is 5.91 Å². The van der Waals surface area contributed by atoms with Crippen molar-refractivity contribution in [2.24, 2.45) is 0 Å². The molecule has 4 N–H and O–H groups in total. The summed E-state index contributed by atoms with van der Waals surface area (Å²) in [7, 11) is 0. The summed E-state index contributed by atoms with van der Waals surface area (Å²) in [6.07, 6.45) is 1.40. The first-order valence-electron chi connectivity index (χ1n) is 7.14. The lowest BCUT2D eigenvalue weighted by molar-refractivity contribution is -0.124. The molecular weight excluding hydrogens is 324 g/mol. The van der Waals surface area contributed by atoms with Crippen LogP contribution in [-0.2, 0) is 9.59 Å². The smallest absolute Gasteiger partial charge is 0.319 e. The average Bonchev–Trinajstić information content (AvgIpc) is 2.50. The summed E-state index contributed by atoms with van der Waals surface area (Å²) in [6.45, 7) is 0.529. The molecule has 2 heterocycles. The molecule has 0 saturated carbocycles. The van der Waals surface area contributed by atoms with E-state index in [0.717, 1.165) is 6.42 Å². The number of ether oxygens (including phenoxy) is 1. The molecule has 1 fully saturated rings. The Morgan fingerprint density at radius 1 is 1.35 bits per heavy atom. The molecule has 1 unspecified atom stereocenters. The van der Waals surface area contributed by atoms with Crippen LogP contribution >= 0.6 is 11.6 Å². The van der Waals surface area contributed by atoms with E-state index in [1.54, 1.807) is 0 Å². The molecule has 9 heteroatoms. The molecule has 3 rings (SSSR count). The summed E-state index contributed by atoms with van der Waals surface area (Å²) in [5.41, 5.74) is 0.777. The Labute approximate surface area is 136 Å². The first-order valence-corrected chi connectivity index (χ1v) is 7.52. The minimum atomic E-state index is -0.560. The zero-order valence-corrected chi connectivity index (χ0v) is 12.8. The van der Waals surface area contributed by atoms with Gasteiger partial charge in [0.1, 0.15) is 11.8 Å². The third-order valence-corrected chi connectivity index (χ3v) is 3.85. The van der Waals surface area contributed by atoms with Crippen molar-refractivity contribution in [3.8, 4) is 5.75 Å². The highest BCUT2D eigenvalue weighted by molar-refractivity contribution is 6.34. The van der Waals surface area contributed by atoms with E-state index in [2.05, 4.69) is 21.3 Å². The van der Waals surface area contributed by atoms with Crippen molar-refractivity contribution < 1.29 is 19.1 Å². The number of rotatable bonds is 2. The third-order valence-electron chi connectivity index (χ3n) is 3.54. The molecule has 0 aliphatic carbocycles. The molecule has 0 bridgehead atoms. The molecule has 1 atom stereocenters. The third kappa shape index (κ3) is 3.48. The lowest BCUT2D eigenvalue weighted by atomic mass is 10.1. The van der Waals surface area contributed by atoms with Crippen LogP contribution in [-0.4, -0.2) is 37.0 Å². The van der Waals surface area contributed by atoms with E-state index in [1.807, 2.05) is 0 Å². The van der Waals surface area contributed by atoms with Crippen LogP contribution in [0.3, 0.4) is 0 Å². The minimum Gasteiger partial charge on any atom is -0.482 e. The van der Waals surface area contributed by atoms with Gasteiger partial charge >= 0.3 is 6.03 Å². The Morgan fingerprint density at radius 3 is 2.96 bits per heavy atom. The Bertz CT molecular complexity index is 679. The predicted octanol–water partition coefficient (Wildman–Crippen LogP) is 1.07. The van der Waals surface area contributed by atoms with Crippen molar-refractivity contribution in [3.63, 3.8) is 0 Å². The zero-order valence-electron chi connectivity index (χ0n) is 12.1. The second-order valence-corrected chi connectivity index (χ2v) is 5.66. The second-order valence-electron chi connectivity index (χ2n) is 5.25. The highest BCUT2D eigenvalue weighted by Crippen LogP contribution is 2.36. The van der Waals surface area contributed by atoms with Crippen molar-refractivity contribution in [3.05, 3.63) is 17.2 Å². The largest absolute Gasteiger partial charge is 0.482 e. The van der Waals surface area contributed by atoms with Crippen molar-refractivity contribution in [1.29, 1.82) is 0 Å². The van der Waals surface area contributed by atoms with Crippen LogP contribution < -0.4 is 26.0 Å². The molecule has 0 radical (unpaired) electrons. The van der Waals surface area contributed by atoms with Gasteiger partial charge in [0.15, 0.2) is 6.61 Å². The number of hydrogen-bond acceptors (Lipinski definition) is 4. The van der Waals surface area contributed by atoms with Crippen molar-refractivity contribution in [1.82, 2.24) is 10.6 Å². The number of nitrogens with one attached hydrogen (secondary N) is 4. The van der Waals surface area contributed by atoms with Crippen molar-refractivity contribution in [2.45, 2.75) is 18.9 Å². The fourth-order valence-electron chi connectivity index (χ4n) is 2.42. The minimum absolute atomic E-state index is 0.0947. The van der Waals surface area contributed by atoms with E-state index in [1.165, 1.54) is 12.1 Å². The zero-order chi connectivity index (χ0) is 16.4. The van der Waals surface area contributed by atoms with Crippen molar-refractivity contribution >= 4 is 40.8 Å². The van der Waals surface area contributed by atoms with E-state index in [-0.39, 0.29) is 23.4 Å². The molecule has 122 valence electrons. The van der Waals surface area contributed by atoms with Crippen molar-refractivity contribution in [2.75, 3.05) is 23.8 Å². The molecule has 2 aliphatic rings. The molecule has 0 spiro atoms. The first kappa shape index (κ1) is 15.4. The van der Waals surface area contributed by atoms with E-state index < -0.39 is 12.1 Å². The highest BCUT2D eigenvalue weighted by atomic mass is 35.5. The highest BCUT2D eigenvalue weighted by Gasteiger charge is 2.24. The van der Waals surface area contributed by atoms with Gasteiger partial charge in [-0.1, -0.05) is 11.6 Å². The van der Waals surface area contributed by atoms with Gasteiger partial charge in [0, 0.05) is 12.6 Å². The number of anilines is 2. The predicted molar refractivity (Wildman–Crippen MR) is 83.8 cm³/mol. The maximum absolute atomic E-state index is 12.0. The van der Waals surface area contributed by atoms with E-state index >= 15 is 0 Å². The molecule has 23 heavy (non-hydrogen) atoms. The van der Waals surface area contributed by atoms with Gasteiger partial charge in [-0.25, -0.2) is 4.79 Å². The van der Waals surface area contributed by atoms with E-state index in [9.17, 15) is 14.4 Å². The normalized spacial score (nSPS) is 19.8. The molecule has 2 aliphatic heterocycles. The Balaban J connectivity index is 1.68. The quantitative estimate of drug-likeness (QED) is 0.646. The monoisotopic (exact) mass is 338 g/mol. The van der Waals surface area contributed by atoms with Gasteiger partial charge < -0.3 is 26.0 Å². The number of amides is 4. The summed E-state index contributed by atoms with van der Waals surface area (Å²) in [5.74, 6) is -0.0518. The summed E-state index contributed by atoms with van der Waals surface area (Å²) in [5, 5.41) is 10.7. The van der Waals surface area contributed by atoms with Crippen LogP contribution in [0.2, 0.25) is 5.02 Å². The molecule has 8 nitrogen and oxygen atoms in total. The summed E-state index contributed by atoms with van der Waals surface area (Å²) < 4.78 is 5.27. The molecule has 1 aromatic carbocycles. The van der Waals surface area contributed by atoms with Crippen LogP contribution in [0, 0.1) is 0 Å². The molecule has 0 aromatic heterocycles. The Hall–Kier alpha value is -2.48. The summed E-state index contributed by atoms with van der Waals surface area (Å²) in [4.78, 5) is 34.9. The maximum Gasteiger partial charge on any atom is 0.319 e. The number of hydrogen-bond donors (Lipinski definition) is 4. The summed E-state index contributed by atoms with van der Waals surface area (Å²) in [6, 6.07) is 1.93. The summed E-state index contributed by atoms with van der Waals surface area (Å²) >= 11 is 6.10. The number of halogens is 1. The number of benzene rings is 1. The lowest BCUT2D eigenvalue weighted by Crippen LogP contribution is -2.51. The van der Waals surface area contributed by atoms with Crippen LogP contribution in [0.1, 0.15) is 12.8 Å². The number of carbonyl (C=O) groups is 3. The SMILES string of the molecule is O=C1COc2cc(NC(=O)NC3CCCNC3=O)c(Cl)cc2N1. The molecule has 1 saturated heterocycles. The van der Waals surface area contributed by atoms with Gasteiger partial charge in [0.05, 0.1) is 16.4 Å². The second kappa shape index (κ2) is 6.33. The molecule has 1 aromatic rings. The van der Waals surface area contributed by atoms with Crippen LogP contribution in [0.25, 0.3) is 0 Å². The average molecular weight is 339 g/mol. The topological polar surface area (TPSA) is 109 Å². The fraction of sp³-hybridized carbons (Fsp3) is 0.357. The van der Waals surface area contributed by atoms with Gasteiger partial charge in [-0.2, -0.15) is 0 Å². The number of urea groups is 1. The maximum atomic E-state index is 12.0. The fourth-order valence-corrected chi connectivity index (χ4v) is 2.63. The number of fused-ring (bicyclic) bond motifs is 1. The lowest BCUT2D eigenvalue weighted by Gasteiger charge is -2.23. The van der Waals surface area contributed by atoms with Crippen LogP contribution in [0.15, 0.2) is 12.1 Å². The first-order chi connectivity index (χ1) is 11.0. The standard InChI is InChI=1S/C14H15ClN4O4/c15-7-4-10-11(23-6-12(20)17-10)5-9(7)19-14(22)18-8-2-1-3-16-13(8)21/h4-5,8H,1-3,6H2,(H,16,21)(H,17,20)(H2,18,19,22). The molecule has 4 amide bonds. The number of carbonyl (C=O) groups excluding carboxylic acids is 3. The van der Waals surface area contributed by atoms with Gasteiger partial charge in [-0.15, -0.1) is 0 Å². The number of piperidine rings is 1.